The van der Waals surface area contributed by atoms with E-state index in [-0.39, 0.29) is 11.7 Å². The lowest BCUT2D eigenvalue weighted by Gasteiger charge is -2.13. The van der Waals surface area contributed by atoms with Crippen LogP contribution in [0.4, 0.5) is 5.13 Å². The SMILES string of the molecule is CN(Cc1cc(Br)cs1)c1nc(C(=O)CCl)cs1. The first-order chi connectivity index (χ1) is 8.60. The van der Waals surface area contributed by atoms with Gasteiger partial charge in [-0.3, -0.25) is 4.79 Å². The number of hydrogen-bond donors (Lipinski definition) is 0. The number of rotatable bonds is 5. The average Bonchev–Trinajstić information content (AvgIpc) is 2.97. The minimum absolute atomic E-state index is 0.0231. The molecule has 0 radical (unpaired) electrons. The van der Waals surface area contributed by atoms with Crippen LogP contribution in [0, 0.1) is 0 Å². The Morgan fingerprint density at radius 2 is 2.28 bits per heavy atom. The van der Waals surface area contributed by atoms with Crippen molar-refractivity contribution in [3.8, 4) is 0 Å². The van der Waals surface area contributed by atoms with Crippen LogP contribution in [0.3, 0.4) is 0 Å². The lowest BCUT2D eigenvalue weighted by molar-refractivity contribution is 0.101. The van der Waals surface area contributed by atoms with Gasteiger partial charge in [0, 0.05) is 27.2 Å². The predicted octanol–water partition coefficient (Wildman–Crippen LogP) is 4.03. The molecule has 0 aliphatic carbocycles. The summed E-state index contributed by atoms with van der Waals surface area (Å²) < 4.78 is 1.09. The van der Waals surface area contributed by atoms with Gasteiger partial charge in [-0.25, -0.2) is 4.98 Å². The number of aromatic nitrogens is 1. The Bertz CT molecular complexity index is 555. The lowest BCUT2D eigenvalue weighted by atomic mass is 10.3. The zero-order chi connectivity index (χ0) is 13.1. The second-order valence-corrected chi connectivity index (χ2v) is 6.67. The van der Waals surface area contributed by atoms with Gasteiger partial charge < -0.3 is 4.90 Å². The van der Waals surface area contributed by atoms with E-state index >= 15 is 0 Å². The molecule has 2 heterocycles. The molecule has 0 spiro atoms. The van der Waals surface area contributed by atoms with E-state index in [2.05, 4.69) is 27.0 Å². The fraction of sp³-hybridized carbons (Fsp3) is 0.273. The van der Waals surface area contributed by atoms with E-state index in [1.807, 2.05) is 17.3 Å². The van der Waals surface area contributed by atoms with Gasteiger partial charge in [0.15, 0.2) is 10.9 Å². The van der Waals surface area contributed by atoms with Gasteiger partial charge in [-0.15, -0.1) is 34.3 Å². The molecule has 0 fully saturated rings. The summed E-state index contributed by atoms with van der Waals surface area (Å²) in [5.41, 5.74) is 0.448. The number of thiophene rings is 1. The van der Waals surface area contributed by atoms with Crippen LogP contribution in [0.5, 0.6) is 0 Å². The van der Waals surface area contributed by atoms with E-state index in [0.29, 0.717) is 5.69 Å². The highest BCUT2D eigenvalue weighted by molar-refractivity contribution is 9.10. The third kappa shape index (κ3) is 3.32. The number of carbonyl (C=O) groups is 1. The smallest absolute Gasteiger partial charge is 0.196 e. The number of nitrogens with zero attached hydrogens (tertiary/aromatic N) is 2. The molecule has 0 saturated heterocycles. The van der Waals surface area contributed by atoms with Crippen molar-refractivity contribution < 1.29 is 4.79 Å². The van der Waals surface area contributed by atoms with Crippen molar-refractivity contribution in [1.82, 2.24) is 4.98 Å². The molecule has 0 atom stereocenters. The molecule has 96 valence electrons. The van der Waals surface area contributed by atoms with Gasteiger partial charge in [0.25, 0.3) is 0 Å². The van der Waals surface area contributed by atoms with Gasteiger partial charge >= 0.3 is 0 Å². The van der Waals surface area contributed by atoms with Crippen LogP contribution in [0.2, 0.25) is 0 Å². The molecular formula is C11H10BrClN2OS2. The zero-order valence-corrected chi connectivity index (χ0v) is 13.5. The highest BCUT2D eigenvalue weighted by Crippen LogP contribution is 2.25. The van der Waals surface area contributed by atoms with Crippen LogP contribution < -0.4 is 4.90 Å². The largest absolute Gasteiger partial charge is 0.346 e. The van der Waals surface area contributed by atoms with E-state index in [1.165, 1.54) is 16.2 Å². The molecule has 2 rings (SSSR count). The normalized spacial score (nSPS) is 10.6. The summed E-state index contributed by atoms with van der Waals surface area (Å²) in [5.74, 6) is -0.156. The Morgan fingerprint density at radius 3 is 2.89 bits per heavy atom. The molecule has 0 aliphatic heterocycles. The van der Waals surface area contributed by atoms with Gasteiger partial charge in [0.1, 0.15) is 5.69 Å². The highest BCUT2D eigenvalue weighted by atomic mass is 79.9. The molecule has 0 aliphatic rings. The third-order valence-electron chi connectivity index (χ3n) is 2.24. The fourth-order valence-corrected chi connectivity index (χ4v) is 3.81. The van der Waals surface area contributed by atoms with Gasteiger partial charge in [-0.1, -0.05) is 0 Å². The average molecular weight is 366 g/mol. The molecule has 0 aromatic carbocycles. The Balaban J connectivity index is 2.07. The maximum atomic E-state index is 11.4. The summed E-state index contributed by atoms with van der Waals surface area (Å²) in [6, 6.07) is 2.08. The van der Waals surface area contributed by atoms with Crippen LogP contribution >= 0.6 is 50.2 Å². The first-order valence-corrected chi connectivity index (χ1v) is 8.17. The van der Waals surface area contributed by atoms with Crippen molar-refractivity contribution in [2.45, 2.75) is 6.54 Å². The number of thiazole rings is 1. The number of ketones is 1. The van der Waals surface area contributed by atoms with Crippen molar-refractivity contribution in [3.05, 3.63) is 31.9 Å². The van der Waals surface area contributed by atoms with E-state index < -0.39 is 0 Å². The molecule has 3 nitrogen and oxygen atoms in total. The number of alkyl halides is 1. The van der Waals surface area contributed by atoms with E-state index in [9.17, 15) is 4.79 Å². The summed E-state index contributed by atoms with van der Waals surface area (Å²) in [5, 5.41) is 4.63. The lowest BCUT2D eigenvalue weighted by Crippen LogP contribution is -2.15. The highest BCUT2D eigenvalue weighted by Gasteiger charge is 2.12. The zero-order valence-electron chi connectivity index (χ0n) is 9.52. The molecule has 18 heavy (non-hydrogen) atoms. The summed E-state index contributed by atoms with van der Waals surface area (Å²) >= 11 is 12.1. The molecule has 0 unspecified atom stereocenters. The van der Waals surface area contributed by atoms with Crippen molar-refractivity contribution >= 4 is 61.1 Å². The number of Topliss-reactive ketones (excluding diaryl/α,β-unsaturated/α-hetero) is 1. The molecule has 2 aromatic heterocycles. The van der Waals surface area contributed by atoms with Crippen LogP contribution in [0.1, 0.15) is 15.4 Å². The predicted molar refractivity (Wildman–Crippen MR) is 81.3 cm³/mol. The molecule has 0 bridgehead atoms. The maximum Gasteiger partial charge on any atom is 0.196 e. The van der Waals surface area contributed by atoms with Gasteiger partial charge in [-0.05, 0) is 22.0 Å². The Hall–Kier alpha value is -0.430. The van der Waals surface area contributed by atoms with Crippen LogP contribution in [-0.2, 0) is 6.54 Å². The van der Waals surface area contributed by atoms with Crippen molar-refractivity contribution in [3.63, 3.8) is 0 Å². The summed E-state index contributed by atoms with van der Waals surface area (Å²) in [6.45, 7) is 0.776. The number of carbonyl (C=O) groups excluding carboxylic acids is 1. The van der Waals surface area contributed by atoms with E-state index in [1.54, 1.807) is 16.7 Å². The summed E-state index contributed by atoms with van der Waals surface area (Å²) in [6.07, 6.45) is 0. The maximum absolute atomic E-state index is 11.4. The van der Waals surface area contributed by atoms with Crippen LogP contribution in [0.15, 0.2) is 21.3 Å². The number of anilines is 1. The Kier molecular flexibility index (Phi) is 4.77. The molecule has 0 amide bonds. The third-order valence-corrected chi connectivity index (χ3v) is 5.12. The van der Waals surface area contributed by atoms with Crippen LogP contribution in [-0.4, -0.2) is 23.7 Å². The van der Waals surface area contributed by atoms with Gasteiger partial charge in [-0.2, -0.15) is 0 Å². The second-order valence-electron chi connectivity index (χ2n) is 3.66. The quantitative estimate of drug-likeness (QED) is 0.592. The molecule has 2 aromatic rings. The first kappa shape index (κ1) is 14.0. The standard InChI is InChI=1S/C11H10BrClN2OS2/c1-15(4-8-2-7(12)5-17-8)11-14-9(6-18-11)10(16)3-13/h2,5-6H,3-4H2,1H3. The molecule has 7 heteroatoms. The molecule has 0 saturated carbocycles. The topological polar surface area (TPSA) is 33.2 Å². The number of halogens is 2. The Morgan fingerprint density at radius 1 is 1.50 bits per heavy atom. The second kappa shape index (κ2) is 6.14. The van der Waals surface area contributed by atoms with E-state index in [4.69, 9.17) is 11.6 Å². The minimum Gasteiger partial charge on any atom is -0.346 e. The molecular weight excluding hydrogens is 356 g/mol. The molecule has 0 N–H and O–H groups in total. The Labute approximate surface area is 127 Å². The van der Waals surface area contributed by atoms with Gasteiger partial charge in [0.2, 0.25) is 0 Å². The van der Waals surface area contributed by atoms with E-state index in [0.717, 1.165) is 16.1 Å². The minimum atomic E-state index is -0.133. The van der Waals surface area contributed by atoms with Gasteiger partial charge in [0.05, 0.1) is 12.4 Å². The number of hydrogen-bond acceptors (Lipinski definition) is 5. The fourth-order valence-electron chi connectivity index (χ4n) is 1.37. The van der Waals surface area contributed by atoms with Crippen LogP contribution in [0.25, 0.3) is 0 Å². The monoisotopic (exact) mass is 364 g/mol. The van der Waals surface area contributed by atoms with Crippen molar-refractivity contribution in [1.29, 1.82) is 0 Å². The van der Waals surface area contributed by atoms with Crippen molar-refractivity contribution in [2.24, 2.45) is 0 Å². The summed E-state index contributed by atoms with van der Waals surface area (Å²) in [4.78, 5) is 19.0. The summed E-state index contributed by atoms with van der Waals surface area (Å²) in [7, 11) is 1.96. The van der Waals surface area contributed by atoms with Crippen molar-refractivity contribution in [2.75, 3.05) is 17.8 Å². The first-order valence-electron chi connectivity index (χ1n) is 5.09.